The molecule has 0 bridgehead atoms. The van der Waals surface area contributed by atoms with Gasteiger partial charge < -0.3 is 5.73 Å². The number of nitrogens with zero attached hydrogens (tertiary/aromatic N) is 1. The zero-order chi connectivity index (χ0) is 11.7. The monoisotopic (exact) mass is 254 g/mol. The normalized spacial score (nSPS) is 15.7. The molecular formula is C12H18N2S2. The summed E-state index contributed by atoms with van der Waals surface area (Å²) in [6, 6.07) is 0. The second kappa shape index (κ2) is 4.80. The van der Waals surface area contributed by atoms with Crippen molar-refractivity contribution < 1.29 is 0 Å². The van der Waals surface area contributed by atoms with E-state index >= 15 is 0 Å². The molecule has 2 nitrogen and oxygen atoms in total. The van der Waals surface area contributed by atoms with Gasteiger partial charge in [0.1, 0.15) is 4.99 Å². The Hall–Kier alpha value is -0.480. The van der Waals surface area contributed by atoms with Crippen LogP contribution >= 0.6 is 23.6 Å². The minimum Gasteiger partial charge on any atom is -0.389 e. The lowest BCUT2D eigenvalue weighted by molar-refractivity contribution is 0.635. The Kier molecular flexibility index (Phi) is 3.60. The molecule has 1 fully saturated rings. The van der Waals surface area contributed by atoms with E-state index in [1.54, 1.807) is 11.3 Å². The molecule has 1 aliphatic rings. The SMILES string of the molecule is CCC(CC)c1nc(C2CC2)c(C(N)=S)s1. The van der Waals surface area contributed by atoms with E-state index in [1.807, 2.05) is 0 Å². The predicted molar refractivity (Wildman–Crippen MR) is 73.3 cm³/mol. The first-order chi connectivity index (χ1) is 7.67. The summed E-state index contributed by atoms with van der Waals surface area (Å²) in [6.07, 6.45) is 4.79. The highest BCUT2D eigenvalue weighted by Gasteiger charge is 2.31. The van der Waals surface area contributed by atoms with Crippen molar-refractivity contribution >= 4 is 28.5 Å². The number of rotatable bonds is 5. The first-order valence-corrected chi connectivity index (χ1v) is 7.20. The van der Waals surface area contributed by atoms with Crippen molar-refractivity contribution in [2.24, 2.45) is 5.73 Å². The molecule has 1 aromatic rings. The zero-order valence-electron chi connectivity index (χ0n) is 9.82. The van der Waals surface area contributed by atoms with Crippen LogP contribution in [0.3, 0.4) is 0 Å². The molecule has 4 heteroatoms. The van der Waals surface area contributed by atoms with Gasteiger partial charge in [-0.2, -0.15) is 0 Å². The lowest BCUT2D eigenvalue weighted by atomic mass is 10.1. The van der Waals surface area contributed by atoms with Crippen LogP contribution in [0.2, 0.25) is 0 Å². The molecule has 2 rings (SSSR count). The van der Waals surface area contributed by atoms with Crippen molar-refractivity contribution in [2.45, 2.75) is 51.4 Å². The summed E-state index contributed by atoms with van der Waals surface area (Å²) >= 11 is 6.83. The molecule has 88 valence electrons. The Morgan fingerprint density at radius 1 is 1.50 bits per heavy atom. The fourth-order valence-electron chi connectivity index (χ4n) is 1.97. The molecule has 0 radical (unpaired) electrons. The topological polar surface area (TPSA) is 38.9 Å². The Balaban J connectivity index is 2.33. The molecule has 1 heterocycles. The van der Waals surface area contributed by atoms with Crippen molar-refractivity contribution in [3.8, 4) is 0 Å². The Labute approximate surface area is 106 Å². The van der Waals surface area contributed by atoms with Gasteiger partial charge in [-0.3, -0.25) is 0 Å². The van der Waals surface area contributed by atoms with E-state index in [2.05, 4.69) is 13.8 Å². The van der Waals surface area contributed by atoms with Gasteiger partial charge in [0.2, 0.25) is 0 Å². The quantitative estimate of drug-likeness (QED) is 0.817. The Morgan fingerprint density at radius 3 is 2.56 bits per heavy atom. The first kappa shape index (κ1) is 12.0. The van der Waals surface area contributed by atoms with Crippen molar-refractivity contribution in [1.82, 2.24) is 4.98 Å². The highest BCUT2D eigenvalue weighted by molar-refractivity contribution is 7.81. The fourth-order valence-corrected chi connectivity index (χ4v) is 3.47. The number of thiocarbonyl (C=S) groups is 1. The predicted octanol–water partition coefficient (Wildman–Crippen LogP) is 3.56. The van der Waals surface area contributed by atoms with E-state index in [1.165, 1.54) is 23.5 Å². The first-order valence-electron chi connectivity index (χ1n) is 5.97. The molecule has 1 aliphatic carbocycles. The molecule has 0 saturated heterocycles. The summed E-state index contributed by atoms with van der Waals surface area (Å²) in [7, 11) is 0. The molecule has 16 heavy (non-hydrogen) atoms. The van der Waals surface area contributed by atoms with Crippen molar-refractivity contribution in [3.63, 3.8) is 0 Å². The molecule has 0 atom stereocenters. The summed E-state index contributed by atoms with van der Waals surface area (Å²) in [6.45, 7) is 4.43. The minimum atomic E-state index is 0.525. The second-order valence-electron chi connectivity index (χ2n) is 4.42. The zero-order valence-corrected chi connectivity index (χ0v) is 11.5. The summed E-state index contributed by atoms with van der Waals surface area (Å²) in [5.41, 5.74) is 6.96. The van der Waals surface area contributed by atoms with Gasteiger partial charge in [-0.25, -0.2) is 4.98 Å². The smallest absolute Gasteiger partial charge is 0.116 e. The number of thiazole rings is 1. The molecule has 0 spiro atoms. The van der Waals surface area contributed by atoms with Gasteiger partial charge >= 0.3 is 0 Å². The number of hydrogen-bond acceptors (Lipinski definition) is 3. The summed E-state index contributed by atoms with van der Waals surface area (Å²) < 4.78 is 0. The van der Waals surface area contributed by atoms with Crippen molar-refractivity contribution in [3.05, 3.63) is 15.6 Å². The third-order valence-corrected chi connectivity index (χ3v) is 4.79. The van der Waals surface area contributed by atoms with Gasteiger partial charge in [0.25, 0.3) is 0 Å². The average Bonchev–Trinajstić information content (AvgIpc) is 3.01. The van der Waals surface area contributed by atoms with Crippen molar-refractivity contribution in [2.75, 3.05) is 0 Å². The molecule has 0 amide bonds. The third-order valence-electron chi connectivity index (χ3n) is 3.19. The van der Waals surface area contributed by atoms with Gasteiger partial charge in [0, 0.05) is 11.8 Å². The minimum absolute atomic E-state index is 0.525. The molecule has 1 aromatic heterocycles. The van der Waals surface area contributed by atoms with Crippen LogP contribution in [0.25, 0.3) is 0 Å². The molecule has 0 aliphatic heterocycles. The standard InChI is InChI=1S/C12H18N2S2/c1-3-7(4-2)12-14-9(8-5-6-8)10(16-12)11(13)15/h7-8H,3-6H2,1-2H3,(H2,13,15). The lowest BCUT2D eigenvalue weighted by Gasteiger charge is -2.06. The van der Waals surface area contributed by atoms with Gasteiger partial charge in [0.15, 0.2) is 0 Å². The Bertz CT molecular complexity index is 390. The van der Waals surface area contributed by atoms with E-state index in [4.69, 9.17) is 22.9 Å². The summed E-state index contributed by atoms with van der Waals surface area (Å²) in [5, 5.41) is 1.23. The maximum Gasteiger partial charge on any atom is 0.116 e. The van der Waals surface area contributed by atoms with Crippen LogP contribution in [0.1, 0.15) is 66.9 Å². The van der Waals surface area contributed by atoms with Gasteiger partial charge in [0.05, 0.1) is 15.6 Å². The van der Waals surface area contributed by atoms with Gasteiger partial charge in [-0.1, -0.05) is 26.1 Å². The van der Waals surface area contributed by atoms with E-state index < -0.39 is 0 Å². The van der Waals surface area contributed by atoms with Crippen molar-refractivity contribution in [1.29, 1.82) is 0 Å². The molecule has 1 saturated carbocycles. The fraction of sp³-hybridized carbons (Fsp3) is 0.667. The van der Waals surface area contributed by atoms with E-state index in [9.17, 15) is 0 Å². The summed E-state index contributed by atoms with van der Waals surface area (Å²) in [5.74, 6) is 1.21. The largest absolute Gasteiger partial charge is 0.389 e. The van der Waals surface area contributed by atoms with E-state index in [-0.39, 0.29) is 0 Å². The lowest BCUT2D eigenvalue weighted by Crippen LogP contribution is -2.09. The van der Waals surface area contributed by atoms with Crippen LogP contribution < -0.4 is 5.73 Å². The number of hydrogen-bond donors (Lipinski definition) is 1. The molecule has 2 N–H and O–H groups in total. The van der Waals surface area contributed by atoms with Crippen LogP contribution in [-0.4, -0.2) is 9.97 Å². The molecular weight excluding hydrogens is 236 g/mol. The van der Waals surface area contributed by atoms with Gasteiger partial charge in [-0.05, 0) is 25.7 Å². The van der Waals surface area contributed by atoms with Crippen LogP contribution in [0.15, 0.2) is 0 Å². The van der Waals surface area contributed by atoms with Crippen LogP contribution in [0, 0.1) is 0 Å². The molecule has 0 unspecified atom stereocenters. The molecule has 0 aromatic carbocycles. The van der Waals surface area contributed by atoms with E-state index in [0.29, 0.717) is 16.8 Å². The van der Waals surface area contributed by atoms with Crippen LogP contribution in [-0.2, 0) is 0 Å². The van der Waals surface area contributed by atoms with Gasteiger partial charge in [-0.15, -0.1) is 11.3 Å². The number of nitrogens with two attached hydrogens (primary N) is 1. The maximum absolute atomic E-state index is 5.78. The maximum atomic E-state index is 5.78. The van der Waals surface area contributed by atoms with E-state index in [0.717, 1.165) is 17.7 Å². The average molecular weight is 254 g/mol. The third kappa shape index (κ3) is 2.28. The highest BCUT2D eigenvalue weighted by Crippen LogP contribution is 2.44. The highest BCUT2D eigenvalue weighted by atomic mass is 32.1. The van der Waals surface area contributed by atoms with Crippen LogP contribution in [0.4, 0.5) is 0 Å². The summed E-state index contributed by atoms with van der Waals surface area (Å²) in [4.78, 5) is 6.38. The Morgan fingerprint density at radius 2 is 2.12 bits per heavy atom. The second-order valence-corrected chi connectivity index (χ2v) is 5.89. The van der Waals surface area contributed by atoms with Crippen LogP contribution in [0.5, 0.6) is 0 Å². The number of aromatic nitrogens is 1.